The van der Waals surface area contributed by atoms with Crippen molar-refractivity contribution in [2.45, 2.75) is 6.92 Å². The number of nitrogens with one attached hydrogen (secondary N) is 1. The Labute approximate surface area is 59.1 Å². The molecule has 0 unspecified atom stereocenters. The van der Waals surface area contributed by atoms with Crippen molar-refractivity contribution in [3.8, 4) is 0 Å². The summed E-state index contributed by atoms with van der Waals surface area (Å²) in [4.78, 5) is 3.72. The van der Waals surface area contributed by atoms with E-state index < -0.39 is 0 Å². The fourth-order valence-electron chi connectivity index (χ4n) is 0.674. The van der Waals surface area contributed by atoms with Gasteiger partial charge >= 0.3 is 0 Å². The van der Waals surface area contributed by atoms with Gasteiger partial charge in [0.1, 0.15) is 0 Å². The van der Waals surface area contributed by atoms with E-state index in [1.165, 1.54) is 5.56 Å². The van der Waals surface area contributed by atoms with Crippen LogP contribution < -0.4 is 5.48 Å². The van der Waals surface area contributed by atoms with Crippen LogP contribution in [0, 0.1) is 6.92 Å². The van der Waals surface area contributed by atoms with Crippen LogP contribution in [0.25, 0.3) is 0 Å². The van der Waals surface area contributed by atoms with Gasteiger partial charge in [0.05, 0.1) is 5.69 Å². The quantitative estimate of drug-likeness (QED) is 0.485. The third-order valence-corrected chi connectivity index (χ3v) is 1.22. The molecule has 0 saturated heterocycles. The van der Waals surface area contributed by atoms with Gasteiger partial charge in [-0.3, -0.25) is 0 Å². The second-order valence-corrected chi connectivity index (χ2v) is 2.06. The topological polar surface area (TPSA) is 41.5 Å². The lowest BCUT2D eigenvalue weighted by atomic mass is 10.2. The molecule has 1 aromatic carbocycles. The maximum Gasteiger partial charge on any atom is 0.0634 e. The number of aryl methyl sites for hydroxylation is 1. The fraction of sp³-hybridized carbons (Fsp3) is 0.143. The summed E-state index contributed by atoms with van der Waals surface area (Å²) >= 11 is 0. The summed E-state index contributed by atoms with van der Waals surface area (Å²) < 4.78 is 0. The zero-order valence-corrected chi connectivity index (χ0v) is 5.66. The van der Waals surface area contributed by atoms with Gasteiger partial charge in [0.25, 0.3) is 0 Å². The van der Waals surface area contributed by atoms with Crippen molar-refractivity contribution in [3.05, 3.63) is 29.8 Å². The first-order valence-corrected chi connectivity index (χ1v) is 2.96. The standard InChI is InChI=1S/C7H9NO2/c1-6-2-4-7(5-3-6)8-10-9/h2-5,8-9H,1H3. The highest BCUT2D eigenvalue weighted by atomic mass is 17.2. The zero-order valence-electron chi connectivity index (χ0n) is 5.66. The van der Waals surface area contributed by atoms with E-state index in [2.05, 4.69) is 10.5 Å². The monoisotopic (exact) mass is 139 g/mol. The zero-order chi connectivity index (χ0) is 7.40. The molecule has 3 heteroatoms. The molecule has 10 heavy (non-hydrogen) atoms. The lowest BCUT2D eigenvalue weighted by Gasteiger charge is -1.99. The first kappa shape index (κ1) is 7.05. The molecule has 3 nitrogen and oxygen atoms in total. The Bertz CT molecular complexity index is 195. The van der Waals surface area contributed by atoms with Gasteiger partial charge in [-0.05, 0) is 19.1 Å². The summed E-state index contributed by atoms with van der Waals surface area (Å²) in [6, 6.07) is 7.46. The summed E-state index contributed by atoms with van der Waals surface area (Å²) in [6.07, 6.45) is 0. The molecular formula is C7H9NO2. The maximum absolute atomic E-state index is 7.98. The highest BCUT2D eigenvalue weighted by Crippen LogP contribution is 2.07. The van der Waals surface area contributed by atoms with Crippen LogP contribution in [0.15, 0.2) is 24.3 Å². The van der Waals surface area contributed by atoms with Crippen molar-refractivity contribution in [1.29, 1.82) is 0 Å². The van der Waals surface area contributed by atoms with Gasteiger partial charge in [-0.1, -0.05) is 17.7 Å². The molecule has 0 aliphatic rings. The number of hydrogen-bond donors (Lipinski definition) is 2. The molecule has 0 aromatic heterocycles. The molecule has 0 saturated carbocycles. The number of hydrogen-bond acceptors (Lipinski definition) is 3. The lowest BCUT2D eigenvalue weighted by Crippen LogP contribution is -1.94. The van der Waals surface area contributed by atoms with E-state index in [-0.39, 0.29) is 0 Å². The van der Waals surface area contributed by atoms with Gasteiger partial charge < -0.3 is 0 Å². The molecule has 54 valence electrons. The van der Waals surface area contributed by atoms with E-state index in [4.69, 9.17) is 5.26 Å². The van der Waals surface area contributed by atoms with Gasteiger partial charge in [-0.2, -0.15) is 0 Å². The highest BCUT2D eigenvalue weighted by Gasteiger charge is 1.87. The van der Waals surface area contributed by atoms with E-state index in [1.807, 2.05) is 31.2 Å². The van der Waals surface area contributed by atoms with Gasteiger partial charge in [-0.25, -0.2) is 10.7 Å². The van der Waals surface area contributed by atoms with Crippen LogP contribution in [0.5, 0.6) is 0 Å². The molecule has 1 rings (SSSR count). The van der Waals surface area contributed by atoms with Crippen LogP contribution >= 0.6 is 0 Å². The molecule has 0 atom stereocenters. The Morgan fingerprint density at radius 1 is 1.30 bits per heavy atom. The van der Waals surface area contributed by atoms with Crippen molar-refractivity contribution in [1.82, 2.24) is 0 Å². The minimum atomic E-state index is 0.730. The summed E-state index contributed by atoms with van der Waals surface area (Å²) in [6.45, 7) is 1.99. The predicted octanol–water partition coefficient (Wildman–Crippen LogP) is 1.81. The van der Waals surface area contributed by atoms with E-state index in [0.29, 0.717) is 0 Å². The van der Waals surface area contributed by atoms with Gasteiger partial charge in [0.15, 0.2) is 0 Å². The molecule has 2 N–H and O–H groups in total. The molecule has 0 fully saturated rings. The van der Waals surface area contributed by atoms with Gasteiger partial charge in [-0.15, -0.1) is 4.99 Å². The third-order valence-electron chi connectivity index (χ3n) is 1.22. The van der Waals surface area contributed by atoms with Crippen LogP contribution in [-0.4, -0.2) is 5.26 Å². The summed E-state index contributed by atoms with van der Waals surface area (Å²) in [5.74, 6) is 0. The van der Waals surface area contributed by atoms with Crippen LogP contribution in [0.4, 0.5) is 5.69 Å². The van der Waals surface area contributed by atoms with Crippen molar-refractivity contribution in [3.63, 3.8) is 0 Å². The third kappa shape index (κ3) is 1.72. The second kappa shape index (κ2) is 3.20. The Kier molecular flexibility index (Phi) is 2.25. The van der Waals surface area contributed by atoms with E-state index in [1.54, 1.807) is 0 Å². The lowest BCUT2D eigenvalue weighted by molar-refractivity contribution is -0.215. The highest BCUT2D eigenvalue weighted by molar-refractivity contribution is 5.42. The number of anilines is 1. The Morgan fingerprint density at radius 3 is 2.40 bits per heavy atom. The normalized spacial score (nSPS) is 9.40. The van der Waals surface area contributed by atoms with Crippen molar-refractivity contribution >= 4 is 5.69 Å². The molecule has 0 radical (unpaired) electrons. The largest absolute Gasteiger partial charge is 0.236 e. The van der Waals surface area contributed by atoms with Crippen LogP contribution in [0.2, 0.25) is 0 Å². The van der Waals surface area contributed by atoms with Crippen molar-refractivity contribution < 1.29 is 10.2 Å². The van der Waals surface area contributed by atoms with Crippen molar-refractivity contribution in [2.75, 3.05) is 5.48 Å². The molecule has 0 aliphatic heterocycles. The van der Waals surface area contributed by atoms with Gasteiger partial charge in [0, 0.05) is 0 Å². The summed E-state index contributed by atoms with van der Waals surface area (Å²) in [5.41, 5.74) is 4.19. The van der Waals surface area contributed by atoms with E-state index in [0.717, 1.165) is 5.69 Å². The minimum absolute atomic E-state index is 0.730. The number of benzene rings is 1. The van der Waals surface area contributed by atoms with Gasteiger partial charge in [0.2, 0.25) is 0 Å². The summed E-state index contributed by atoms with van der Waals surface area (Å²) in [7, 11) is 0. The molecular weight excluding hydrogens is 130 g/mol. The first-order valence-electron chi connectivity index (χ1n) is 2.96. The Balaban J connectivity index is 2.69. The molecule has 0 aliphatic carbocycles. The average molecular weight is 139 g/mol. The second-order valence-electron chi connectivity index (χ2n) is 2.06. The number of rotatable bonds is 2. The maximum atomic E-state index is 7.98. The van der Waals surface area contributed by atoms with Crippen LogP contribution in [0.1, 0.15) is 5.56 Å². The molecule has 0 bridgehead atoms. The SMILES string of the molecule is Cc1ccc(NOO)cc1. The molecule has 0 spiro atoms. The Morgan fingerprint density at radius 2 is 1.90 bits per heavy atom. The Hall–Kier alpha value is -1.06. The molecule has 0 heterocycles. The smallest absolute Gasteiger partial charge is 0.0634 e. The predicted molar refractivity (Wildman–Crippen MR) is 38.5 cm³/mol. The molecule has 1 aromatic rings. The van der Waals surface area contributed by atoms with Crippen molar-refractivity contribution in [2.24, 2.45) is 0 Å². The fourth-order valence-corrected chi connectivity index (χ4v) is 0.674. The van der Waals surface area contributed by atoms with E-state index in [9.17, 15) is 0 Å². The summed E-state index contributed by atoms with van der Waals surface area (Å²) in [5, 5.41) is 7.98. The van der Waals surface area contributed by atoms with Crippen LogP contribution in [0.3, 0.4) is 0 Å². The average Bonchev–Trinajstić information content (AvgIpc) is 1.95. The molecule has 0 amide bonds. The van der Waals surface area contributed by atoms with E-state index >= 15 is 0 Å². The van der Waals surface area contributed by atoms with Crippen LogP contribution in [-0.2, 0) is 4.99 Å². The first-order chi connectivity index (χ1) is 4.83. The minimum Gasteiger partial charge on any atom is -0.236 e.